The van der Waals surface area contributed by atoms with Crippen molar-refractivity contribution < 1.29 is 4.12 Å². The van der Waals surface area contributed by atoms with E-state index in [4.69, 9.17) is 4.12 Å². The molecule has 172 valence electrons. The summed E-state index contributed by atoms with van der Waals surface area (Å²) in [6, 6.07) is 17.5. The fourth-order valence-electron chi connectivity index (χ4n) is 3.73. The average molecular weight is 585 g/mol. The van der Waals surface area contributed by atoms with Crippen molar-refractivity contribution in [2.75, 3.05) is 0 Å². The van der Waals surface area contributed by atoms with Gasteiger partial charge in [0.2, 0.25) is 0 Å². The number of hydrogen-bond donors (Lipinski definition) is 0. The summed E-state index contributed by atoms with van der Waals surface area (Å²) in [4.78, 5) is 0. The quantitative estimate of drug-likeness (QED) is 0.253. The molecule has 0 amide bonds. The van der Waals surface area contributed by atoms with Crippen molar-refractivity contribution in [1.29, 1.82) is 0 Å². The summed E-state index contributed by atoms with van der Waals surface area (Å²) in [6.07, 6.45) is 4.54. The number of halogens is 2. The molecule has 0 bridgehead atoms. The Labute approximate surface area is 209 Å². The maximum Gasteiger partial charge on any atom is 0.179 e. The Hall–Kier alpha value is -0.206. The Morgan fingerprint density at radius 2 is 0.903 bits per heavy atom. The van der Waals surface area contributed by atoms with Crippen LogP contribution in [0.1, 0.15) is 51.7 Å². The molecule has 0 radical (unpaired) electrons. The van der Waals surface area contributed by atoms with E-state index in [2.05, 4.69) is 134 Å². The Balaban J connectivity index is 2.04. The Kier molecular flexibility index (Phi) is 9.05. The van der Waals surface area contributed by atoms with E-state index in [-0.39, 0.29) is 10.1 Å². The molecule has 2 aromatic carbocycles. The fraction of sp³-hybridized carbons (Fsp3) is 0.538. The second kappa shape index (κ2) is 10.4. The summed E-state index contributed by atoms with van der Waals surface area (Å²) in [7, 11) is -3.82. The molecule has 0 spiro atoms. The van der Waals surface area contributed by atoms with Crippen LogP contribution >= 0.6 is 31.9 Å². The minimum absolute atomic E-state index is 0.214. The lowest BCUT2D eigenvalue weighted by molar-refractivity contribution is 0.410. The smallest absolute Gasteiger partial charge is 0.179 e. The first kappa shape index (κ1) is 27.0. The lowest BCUT2D eigenvalue weighted by Crippen LogP contribution is -2.55. The lowest BCUT2D eigenvalue weighted by Gasteiger charge is -2.49. The van der Waals surface area contributed by atoms with Gasteiger partial charge in [0.1, 0.15) is 0 Å². The molecule has 2 aromatic rings. The van der Waals surface area contributed by atoms with Crippen molar-refractivity contribution in [2.24, 2.45) is 0 Å². The van der Waals surface area contributed by atoms with Gasteiger partial charge in [-0.05, 0) is 97.3 Å². The molecule has 0 aliphatic heterocycles. The zero-order valence-corrected chi connectivity index (χ0v) is 25.8. The van der Waals surface area contributed by atoms with Crippen LogP contribution in [0.4, 0.5) is 0 Å². The Morgan fingerprint density at radius 1 is 0.613 bits per heavy atom. The van der Waals surface area contributed by atoms with Crippen LogP contribution in [-0.4, -0.2) is 16.6 Å². The summed E-state index contributed by atoms with van der Waals surface area (Å²) >= 11 is 7.08. The van der Waals surface area contributed by atoms with Gasteiger partial charge in [0.15, 0.2) is 16.6 Å². The molecule has 31 heavy (non-hydrogen) atoms. The molecule has 0 unspecified atom stereocenters. The van der Waals surface area contributed by atoms with Crippen molar-refractivity contribution >= 4 is 48.5 Å². The summed E-state index contributed by atoms with van der Waals surface area (Å²) in [5.41, 5.74) is 2.82. The molecule has 0 aliphatic rings. The predicted molar refractivity (Wildman–Crippen MR) is 149 cm³/mol. The van der Waals surface area contributed by atoms with E-state index in [1.807, 2.05) is 0 Å². The normalized spacial score (nSPS) is 13.5. The Morgan fingerprint density at radius 3 is 1.19 bits per heavy atom. The SMILES string of the molecule is CC(C)(CCc1ccc(Br)cc1)[Si](C)(C)O[Si](C)(C)C(C)(C)CCc1ccc(Br)cc1. The van der Waals surface area contributed by atoms with Crippen molar-refractivity contribution in [3.8, 4) is 0 Å². The van der Waals surface area contributed by atoms with Crippen LogP contribution in [0.15, 0.2) is 57.5 Å². The summed E-state index contributed by atoms with van der Waals surface area (Å²) in [5, 5.41) is 0.429. The zero-order chi connectivity index (χ0) is 23.5. The Bertz CT molecular complexity index is 769. The minimum Gasteiger partial charge on any atom is -0.455 e. The van der Waals surface area contributed by atoms with Gasteiger partial charge >= 0.3 is 0 Å². The van der Waals surface area contributed by atoms with Gasteiger partial charge in [-0.2, -0.15) is 0 Å². The first-order valence-corrected chi connectivity index (χ1v) is 18.7. The van der Waals surface area contributed by atoms with Gasteiger partial charge in [0.05, 0.1) is 0 Å². The number of aryl methyl sites for hydroxylation is 2. The van der Waals surface area contributed by atoms with E-state index in [0.717, 1.165) is 34.6 Å². The van der Waals surface area contributed by atoms with Crippen LogP contribution in [0.2, 0.25) is 36.3 Å². The largest absolute Gasteiger partial charge is 0.455 e. The summed E-state index contributed by atoms with van der Waals surface area (Å²) in [5.74, 6) is 0. The lowest BCUT2D eigenvalue weighted by atomic mass is 10.0. The molecule has 0 N–H and O–H groups in total. The molecule has 0 aromatic heterocycles. The molecule has 0 fully saturated rings. The van der Waals surface area contributed by atoms with E-state index in [1.165, 1.54) is 11.1 Å². The fourth-order valence-corrected chi connectivity index (χ4v) is 13.0. The van der Waals surface area contributed by atoms with Gasteiger partial charge in [-0.3, -0.25) is 0 Å². The molecular formula is C26H40Br2OSi2. The maximum atomic E-state index is 7.23. The standard InChI is InChI=1S/C26H40Br2OSi2/c1-25(2,19-17-21-9-13-23(27)14-10-21)30(5,6)29-31(7,8)26(3,4)20-18-22-11-15-24(28)16-12-22/h9-16H,17-20H2,1-8H3. The molecule has 1 nitrogen and oxygen atoms in total. The van der Waals surface area contributed by atoms with Crippen LogP contribution < -0.4 is 0 Å². The monoisotopic (exact) mass is 582 g/mol. The first-order chi connectivity index (χ1) is 14.2. The maximum absolute atomic E-state index is 7.23. The topological polar surface area (TPSA) is 9.23 Å². The van der Waals surface area contributed by atoms with Crippen molar-refractivity contribution in [3.05, 3.63) is 68.6 Å². The molecule has 2 rings (SSSR count). The van der Waals surface area contributed by atoms with Crippen LogP contribution in [0.3, 0.4) is 0 Å². The molecule has 0 heterocycles. The van der Waals surface area contributed by atoms with Gasteiger partial charge in [-0.25, -0.2) is 0 Å². The van der Waals surface area contributed by atoms with Gasteiger partial charge in [0.25, 0.3) is 0 Å². The van der Waals surface area contributed by atoms with Gasteiger partial charge < -0.3 is 4.12 Å². The highest BCUT2D eigenvalue weighted by Gasteiger charge is 2.49. The second-order valence-corrected chi connectivity index (χ2v) is 22.5. The minimum atomic E-state index is -1.91. The molecule has 0 atom stereocenters. The van der Waals surface area contributed by atoms with E-state index in [9.17, 15) is 0 Å². The molecule has 5 heteroatoms. The highest BCUT2D eigenvalue weighted by molar-refractivity contribution is 9.10. The number of rotatable bonds is 10. The van der Waals surface area contributed by atoms with E-state index in [0.29, 0.717) is 0 Å². The molecule has 0 saturated heterocycles. The third-order valence-electron chi connectivity index (χ3n) is 7.67. The van der Waals surface area contributed by atoms with Crippen molar-refractivity contribution in [2.45, 2.75) is 89.6 Å². The van der Waals surface area contributed by atoms with Crippen LogP contribution in [-0.2, 0) is 17.0 Å². The van der Waals surface area contributed by atoms with E-state index in [1.54, 1.807) is 0 Å². The summed E-state index contributed by atoms with van der Waals surface area (Å²) < 4.78 is 9.52. The molecule has 0 aliphatic carbocycles. The van der Waals surface area contributed by atoms with Gasteiger partial charge in [0, 0.05) is 8.95 Å². The summed E-state index contributed by atoms with van der Waals surface area (Å²) in [6.45, 7) is 19.5. The third kappa shape index (κ3) is 7.39. The van der Waals surface area contributed by atoms with Crippen molar-refractivity contribution in [1.82, 2.24) is 0 Å². The van der Waals surface area contributed by atoms with Crippen LogP contribution in [0, 0.1) is 0 Å². The average Bonchev–Trinajstić information content (AvgIpc) is 2.66. The van der Waals surface area contributed by atoms with Crippen LogP contribution in [0.5, 0.6) is 0 Å². The van der Waals surface area contributed by atoms with Crippen LogP contribution in [0.25, 0.3) is 0 Å². The van der Waals surface area contributed by atoms with E-state index < -0.39 is 16.6 Å². The molecular weight excluding hydrogens is 544 g/mol. The second-order valence-electron chi connectivity index (χ2n) is 11.1. The first-order valence-electron chi connectivity index (χ1n) is 11.3. The number of hydrogen-bond acceptors (Lipinski definition) is 1. The number of benzene rings is 2. The predicted octanol–water partition coefficient (Wildman–Crippen LogP) is 9.76. The zero-order valence-electron chi connectivity index (χ0n) is 20.6. The van der Waals surface area contributed by atoms with E-state index >= 15 is 0 Å². The third-order valence-corrected chi connectivity index (χ3v) is 19.8. The highest BCUT2D eigenvalue weighted by Crippen LogP contribution is 2.49. The molecule has 0 saturated carbocycles. The van der Waals surface area contributed by atoms with Gasteiger partial charge in [-0.15, -0.1) is 0 Å². The highest BCUT2D eigenvalue weighted by atomic mass is 79.9. The van der Waals surface area contributed by atoms with Crippen molar-refractivity contribution in [3.63, 3.8) is 0 Å². The van der Waals surface area contributed by atoms with Gasteiger partial charge in [-0.1, -0.05) is 83.8 Å².